The molecule has 0 aliphatic rings. The van der Waals surface area contributed by atoms with E-state index in [-0.39, 0.29) is 27.9 Å². The van der Waals surface area contributed by atoms with Crippen LogP contribution < -0.4 is 9.64 Å². The Labute approximate surface area is 160 Å². The van der Waals surface area contributed by atoms with Gasteiger partial charge in [-0.25, -0.2) is 9.18 Å². The Morgan fingerprint density at radius 3 is 2.33 bits per heavy atom. The number of hydrogen-bond donors (Lipinski definition) is 0. The molecular weight excluding hydrogens is 379 g/mol. The molecule has 27 heavy (non-hydrogen) atoms. The van der Waals surface area contributed by atoms with E-state index < -0.39 is 22.4 Å². The summed E-state index contributed by atoms with van der Waals surface area (Å²) in [6.07, 6.45) is -0.737. The molecule has 0 spiro atoms. The second-order valence-electron chi connectivity index (χ2n) is 6.62. The highest BCUT2D eigenvalue weighted by Crippen LogP contribution is 2.34. The lowest BCUT2D eigenvalue weighted by atomic mass is 10.2. The van der Waals surface area contributed by atoms with Gasteiger partial charge >= 0.3 is 6.09 Å². The molecule has 0 aliphatic heterocycles. The number of amides is 1. The SMILES string of the molecule is CN(C(=O)OC(C)(C)C)c1ccc(Oc2ccc(Cl)c(F)c2)cc1[N+](=O)[O-]. The zero-order valence-electron chi connectivity index (χ0n) is 15.2. The maximum Gasteiger partial charge on any atom is 0.414 e. The van der Waals surface area contributed by atoms with Crippen LogP contribution in [0.2, 0.25) is 5.02 Å². The summed E-state index contributed by atoms with van der Waals surface area (Å²) in [6, 6.07) is 7.72. The van der Waals surface area contributed by atoms with Gasteiger partial charge in [0.15, 0.2) is 0 Å². The molecule has 1 amide bonds. The average Bonchev–Trinajstić information content (AvgIpc) is 2.56. The van der Waals surface area contributed by atoms with Crippen molar-refractivity contribution >= 4 is 29.1 Å². The number of benzene rings is 2. The number of nitrogens with zero attached hydrogens (tertiary/aromatic N) is 2. The smallest absolute Gasteiger partial charge is 0.414 e. The van der Waals surface area contributed by atoms with Crippen LogP contribution in [0.15, 0.2) is 36.4 Å². The van der Waals surface area contributed by atoms with Crippen molar-refractivity contribution in [2.75, 3.05) is 11.9 Å². The first-order chi connectivity index (χ1) is 12.5. The molecule has 0 fully saturated rings. The fraction of sp³-hybridized carbons (Fsp3) is 0.278. The minimum atomic E-state index is -0.748. The molecule has 0 saturated carbocycles. The summed E-state index contributed by atoms with van der Waals surface area (Å²) in [5.41, 5.74) is -1.08. The zero-order valence-corrected chi connectivity index (χ0v) is 15.9. The van der Waals surface area contributed by atoms with Crippen LogP contribution in [0.3, 0.4) is 0 Å². The molecule has 0 unspecified atom stereocenters. The minimum Gasteiger partial charge on any atom is -0.457 e. The van der Waals surface area contributed by atoms with Crippen molar-refractivity contribution in [1.82, 2.24) is 0 Å². The quantitative estimate of drug-likeness (QED) is 0.499. The fourth-order valence-electron chi connectivity index (χ4n) is 2.10. The summed E-state index contributed by atoms with van der Waals surface area (Å²) in [4.78, 5) is 24.0. The van der Waals surface area contributed by atoms with E-state index in [1.54, 1.807) is 20.8 Å². The van der Waals surface area contributed by atoms with Gasteiger partial charge in [-0.05, 0) is 45.0 Å². The van der Waals surface area contributed by atoms with E-state index in [4.69, 9.17) is 21.1 Å². The predicted octanol–water partition coefficient (Wildman–Crippen LogP) is 5.55. The molecule has 144 valence electrons. The van der Waals surface area contributed by atoms with Gasteiger partial charge in [-0.3, -0.25) is 15.0 Å². The van der Waals surface area contributed by atoms with E-state index in [2.05, 4.69) is 0 Å². The lowest BCUT2D eigenvalue weighted by Crippen LogP contribution is -2.34. The molecule has 2 aromatic rings. The number of nitro benzene ring substituents is 1. The highest BCUT2D eigenvalue weighted by molar-refractivity contribution is 6.30. The standard InChI is InChI=1S/C18H18ClFN2O5/c1-18(2,3)27-17(23)21(4)15-8-6-12(10-16(15)22(24)25)26-11-5-7-13(19)14(20)9-11/h5-10H,1-4H3. The van der Waals surface area contributed by atoms with Crippen molar-refractivity contribution in [2.45, 2.75) is 26.4 Å². The number of carbonyl (C=O) groups is 1. The molecule has 0 aliphatic carbocycles. The van der Waals surface area contributed by atoms with Crippen LogP contribution in [0, 0.1) is 15.9 Å². The summed E-state index contributed by atoms with van der Waals surface area (Å²) >= 11 is 5.61. The molecule has 0 radical (unpaired) electrons. The number of anilines is 1. The van der Waals surface area contributed by atoms with Gasteiger partial charge in [-0.15, -0.1) is 0 Å². The summed E-state index contributed by atoms with van der Waals surface area (Å²) in [7, 11) is 1.37. The largest absolute Gasteiger partial charge is 0.457 e. The van der Waals surface area contributed by atoms with Gasteiger partial charge in [-0.1, -0.05) is 11.6 Å². The number of ether oxygens (including phenoxy) is 2. The van der Waals surface area contributed by atoms with Crippen LogP contribution in [-0.2, 0) is 4.74 Å². The van der Waals surface area contributed by atoms with E-state index >= 15 is 0 Å². The van der Waals surface area contributed by atoms with Crippen LogP contribution in [0.25, 0.3) is 0 Å². The van der Waals surface area contributed by atoms with Gasteiger partial charge in [0.2, 0.25) is 0 Å². The Morgan fingerprint density at radius 2 is 1.78 bits per heavy atom. The highest BCUT2D eigenvalue weighted by Gasteiger charge is 2.26. The first-order valence-corrected chi connectivity index (χ1v) is 8.24. The lowest BCUT2D eigenvalue weighted by Gasteiger charge is -2.24. The molecule has 2 aromatic carbocycles. The van der Waals surface area contributed by atoms with Crippen molar-refractivity contribution in [1.29, 1.82) is 0 Å². The third-order valence-electron chi connectivity index (χ3n) is 3.30. The van der Waals surface area contributed by atoms with E-state index in [0.717, 1.165) is 17.0 Å². The van der Waals surface area contributed by atoms with Crippen molar-refractivity contribution in [3.05, 3.63) is 57.4 Å². The van der Waals surface area contributed by atoms with Crippen LogP contribution in [0.5, 0.6) is 11.5 Å². The van der Waals surface area contributed by atoms with Crippen LogP contribution in [0.1, 0.15) is 20.8 Å². The summed E-state index contributed by atoms with van der Waals surface area (Å²) in [5.74, 6) is -0.450. The van der Waals surface area contributed by atoms with Gasteiger partial charge in [-0.2, -0.15) is 0 Å². The first kappa shape index (κ1) is 20.4. The number of rotatable bonds is 4. The fourth-order valence-corrected chi connectivity index (χ4v) is 2.22. The Bertz CT molecular complexity index is 883. The monoisotopic (exact) mass is 396 g/mol. The van der Waals surface area contributed by atoms with Gasteiger partial charge in [0.25, 0.3) is 5.69 Å². The second kappa shape index (κ2) is 7.79. The maximum absolute atomic E-state index is 13.5. The topological polar surface area (TPSA) is 81.9 Å². The lowest BCUT2D eigenvalue weighted by molar-refractivity contribution is -0.384. The number of carbonyl (C=O) groups excluding carboxylic acids is 1. The highest BCUT2D eigenvalue weighted by atomic mass is 35.5. The molecule has 0 bridgehead atoms. The normalized spacial score (nSPS) is 11.0. The van der Waals surface area contributed by atoms with Crippen molar-refractivity contribution in [3.8, 4) is 11.5 Å². The Kier molecular flexibility index (Phi) is 5.90. The molecular formula is C18H18ClFN2O5. The third-order valence-corrected chi connectivity index (χ3v) is 3.61. The number of halogens is 2. The average molecular weight is 397 g/mol. The second-order valence-corrected chi connectivity index (χ2v) is 7.03. The number of hydrogen-bond acceptors (Lipinski definition) is 5. The van der Waals surface area contributed by atoms with Crippen LogP contribution in [-0.4, -0.2) is 23.7 Å². The van der Waals surface area contributed by atoms with Crippen molar-refractivity contribution in [3.63, 3.8) is 0 Å². The molecule has 7 nitrogen and oxygen atoms in total. The molecule has 0 aromatic heterocycles. The van der Waals surface area contributed by atoms with E-state index in [9.17, 15) is 19.3 Å². The van der Waals surface area contributed by atoms with Crippen molar-refractivity contribution in [2.24, 2.45) is 0 Å². The summed E-state index contributed by atoms with van der Waals surface area (Å²) in [5, 5.41) is 11.4. The maximum atomic E-state index is 13.5. The molecule has 0 atom stereocenters. The zero-order chi connectivity index (χ0) is 20.4. The molecule has 2 rings (SSSR count). The minimum absolute atomic E-state index is 0.0314. The predicted molar refractivity (Wildman–Crippen MR) is 99.2 cm³/mol. The van der Waals surface area contributed by atoms with Gasteiger partial charge < -0.3 is 9.47 Å². The Hall–Kier alpha value is -2.87. The van der Waals surface area contributed by atoms with Crippen molar-refractivity contribution < 1.29 is 23.6 Å². The third kappa shape index (κ3) is 5.30. The molecule has 0 heterocycles. The first-order valence-electron chi connectivity index (χ1n) is 7.86. The molecule has 9 heteroatoms. The van der Waals surface area contributed by atoms with E-state index in [1.807, 2.05) is 0 Å². The summed E-state index contributed by atoms with van der Waals surface area (Å²) < 4.78 is 24.2. The Morgan fingerprint density at radius 1 is 1.19 bits per heavy atom. The Balaban J connectivity index is 2.32. The van der Waals surface area contributed by atoms with Gasteiger partial charge in [0, 0.05) is 13.1 Å². The number of nitro groups is 1. The van der Waals surface area contributed by atoms with E-state index in [1.165, 1.54) is 31.3 Å². The summed E-state index contributed by atoms with van der Waals surface area (Å²) in [6.45, 7) is 5.07. The van der Waals surface area contributed by atoms with Crippen LogP contribution >= 0.6 is 11.6 Å². The van der Waals surface area contributed by atoms with Gasteiger partial charge in [0.1, 0.15) is 28.6 Å². The van der Waals surface area contributed by atoms with Gasteiger partial charge in [0.05, 0.1) is 16.0 Å². The van der Waals surface area contributed by atoms with E-state index in [0.29, 0.717) is 0 Å². The van der Waals surface area contributed by atoms with Crippen LogP contribution in [0.4, 0.5) is 20.6 Å². The molecule has 0 N–H and O–H groups in total. The molecule has 0 saturated heterocycles.